The molecule has 3 rings (SSSR count). The fraction of sp³-hybridized carbons (Fsp3) is 0.360. The molecular formula is C25H30Cl2N2O2. The molecule has 2 N–H and O–H groups in total. The summed E-state index contributed by atoms with van der Waals surface area (Å²) < 4.78 is 0. The van der Waals surface area contributed by atoms with E-state index in [4.69, 9.17) is 23.2 Å². The van der Waals surface area contributed by atoms with Gasteiger partial charge < -0.3 is 10.6 Å². The third-order valence-corrected chi connectivity index (χ3v) is 5.96. The first kappa shape index (κ1) is 25.0. The molecule has 0 radical (unpaired) electrons. The van der Waals surface area contributed by atoms with Crippen molar-refractivity contribution in [3.05, 3.63) is 75.3 Å². The fourth-order valence-electron chi connectivity index (χ4n) is 4.13. The Morgan fingerprint density at radius 2 is 1.84 bits per heavy atom. The number of halogens is 2. The number of benzene rings is 2. The summed E-state index contributed by atoms with van der Waals surface area (Å²) in [4.78, 5) is 24.7. The van der Waals surface area contributed by atoms with Crippen LogP contribution in [0, 0.1) is 12.8 Å². The molecule has 6 heteroatoms. The quantitative estimate of drug-likeness (QED) is 0.513. The highest BCUT2D eigenvalue weighted by molar-refractivity contribution is 6.31. The molecule has 0 aromatic heterocycles. The first-order valence-corrected chi connectivity index (χ1v) is 11.1. The normalized spacial score (nSPS) is 17.5. The minimum absolute atomic E-state index is 0.0706. The molecule has 0 saturated carbocycles. The van der Waals surface area contributed by atoms with E-state index >= 15 is 0 Å². The maximum absolute atomic E-state index is 12.9. The van der Waals surface area contributed by atoms with Gasteiger partial charge in [0.25, 0.3) is 0 Å². The molecule has 1 aliphatic heterocycles. The van der Waals surface area contributed by atoms with E-state index in [-0.39, 0.29) is 24.2 Å². The monoisotopic (exact) mass is 460 g/mol. The highest BCUT2D eigenvalue weighted by Gasteiger charge is 2.49. The van der Waals surface area contributed by atoms with Crippen molar-refractivity contribution >= 4 is 40.7 Å². The van der Waals surface area contributed by atoms with Crippen LogP contribution in [0.1, 0.15) is 44.7 Å². The second kappa shape index (κ2) is 10.8. The molecule has 2 aromatic rings. The second-order valence-corrected chi connectivity index (χ2v) is 8.79. The van der Waals surface area contributed by atoms with Crippen molar-refractivity contribution in [2.75, 3.05) is 12.4 Å². The van der Waals surface area contributed by atoms with Gasteiger partial charge in [0.2, 0.25) is 11.8 Å². The Kier molecular flexibility index (Phi) is 8.72. The Balaban J connectivity index is 0.000000357. The van der Waals surface area contributed by atoms with Gasteiger partial charge in [0, 0.05) is 29.2 Å². The number of allylic oxidation sites excluding steroid dienone is 1. The van der Waals surface area contributed by atoms with Crippen LogP contribution in [0.5, 0.6) is 0 Å². The lowest BCUT2D eigenvalue weighted by Gasteiger charge is -2.33. The second-order valence-electron chi connectivity index (χ2n) is 7.92. The zero-order valence-corrected chi connectivity index (χ0v) is 20.2. The molecule has 31 heavy (non-hydrogen) atoms. The van der Waals surface area contributed by atoms with E-state index in [2.05, 4.69) is 24.5 Å². The summed E-state index contributed by atoms with van der Waals surface area (Å²) in [6.45, 7) is 8.10. The van der Waals surface area contributed by atoms with Crippen LogP contribution < -0.4 is 10.6 Å². The van der Waals surface area contributed by atoms with Gasteiger partial charge in [-0.25, -0.2) is 0 Å². The number of carbonyl (C=O) groups excluding carboxylic acids is 2. The maximum atomic E-state index is 12.9. The number of rotatable bonds is 5. The number of amides is 2. The van der Waals surface area contributed by atoms with Gasteiger partial charge in [0.1, 0.15) is 0 Å². The number of aryl methyl sites for hydroxylation is 1. The molecule has 1 aliphatic rings. The Morgan fingerprint density at radius 3 is 2.35 bits per heavy atom. The Bertz CT molecular complexity index is 968. The van der Waals surface area contributed by atoms with E-state index < -0.39 is 5.41 Å². The molecule has 1 atom stereocenters. The molecule has 2 aromatic carbocycles. The standard InChI is InChI=1S/C18H23ClN2O2.C7H7Cl/c1-5-13(11(2)3)18(9-8-16(22)20-4)14-7-6-12(19)10-15(14)21-17(18)23;1-6-3-2-4-7(8)5-6/h5-7,10-11H,8-9H2,1-4H3,(H,20,22)(H,21,23);2-5H,1H3/b13-5+;/t18-;/m0./s1. The summed E-state index contributed by atoms with van der Waals surface area (Å²) in [7, 11) is 1.61. The zero-order chi connectivity index (χ0) is 23.2. The van der Waals surface area contributed by atoms with Crippen LogP contribution in [0.15, 0.2) is 54.1 Å². The van der Waals surface area contributed by atoms with Crippen molar-refractivity contribution in [3.8, 4) is 0 Å². The van der Waals surface area contributed by atoms with Crippen molar-refractivity contribution < 1.29 is 9.59 Å². The maximum Gasteiger partial charge on any atom is 0.239 e. The van der Waals surface area contributed by atoms with Crippen LogP contribution in [-0.4, -0.2) is 18.9 Å². The van der Waals surface area contributed by atoms with Crippen molar-refractivity contribution in [2.24, 2.45) is 5.92 Å². The van der Waals surface area contributed by atoms with Crippen molar-refractivity contribution in [2.45, 2.75) is 46.0 Å². The van der Waals surface area contributed by atoms with Crippen molar-refractivity contribution in [3.63, 3.8) is 0 Å². The van der Waals surface area contributed by atoms with E-state index in [1.807, 2.05) is 50.3 Å². The SMILES string of the molecule is C/C=C(\C(C)C)[C@]1(CCC(=O)NC)C(=O)Nc2cc(Cl)ccc21.Cc1cccc(Cl)c1. The number of hydrogen-bond donors (Lipinski definition) is 2. The summed E-state index contributed by atoms with van der Waals surface area (Å²) in [6.07, 6.45) is 2.72. The predicted molar refractivity (Wildman–Crippen MR) is 130 cm³/mol. The van der Waals surface area contributed by atoms with Gasteiger partial charge in [-0.3, -0.25) is 9.59 Å². The van der Waals surface area contributed by atoms with E-state index in [1.54, 1.807) is 19.2 Å². The predicted octanol–water partition coefficient (Wildman–Crippen LogP) is 6.31. The fourth-order valence-corrected chi connectivity index (χ4v) is 4.54. The summed E-state index contributed by atoms with van der Waals surface area (Å²) in [5.74, 6) is 0.0383. The third kappa shape index (κ3) is 5.69. The minimum atomic E-state index is -0.810. The number of carbonyl (C=O) groups is 2. The van der Waals surface area contributed by atoms with Gasteiger partial charge in [0.15, 0.2) is 0 Å². The molecule has 0 spiro atoms. The van der Waals surface area contributed by atoms with E-state index in [0.29, 0.717) is 11.4 Å². The summed E-state index contributed by atoms with van der Waals surface area (Å²) in [5.41, 5.74) is 3.06. The lowest BCUT2D eigenvalue weighted by Crippen LogP contribution is -2.39. The van der Waals surface area contributed by atoms with Crippen LogP contribution >= 0.6 is 23.2 Å². The molecule has 0 unspecified atom stereocenters. The Hall–Kier alpha value is -2.30. The highest BCUT2D eigenvalue weighted by atomic mass is 35.5. The van der Waals surface area contributed by atoms with Gasteiger partial charge in [-0.05, 0) is 61.6 Å². The summed E-state index contributed by atoms with van der Waals surface area (Å²) in [6, 6.07) is 13.2. The molecule has 4 nitrogen and oxygen atoms in total. The summed E-state index contributed by atoms with van der Waals surface area (Å²) in [5, 5.41) is 6.97. The van der Waals surface area contributed by atoms with E-state index in [0.717, 1.165) is 21.8 Å². The largest absolute Gasteiger partial charge is 0.359 e. The van der Waals surface area contributed by atoms with Gasteiger partial charge in [-0.1, -0.05) is 66.9 Å². The molecule has 0 fully saturated rings. The van der Waals surface area contributed by atoms with Crippen LogP contribution in [0.4, 0.5) is 5.69 Å². The smallest absolute Gasteiger partial charge is 0.239 e. The van der Waals surface area contributed by atoms with E-state index in [9.17, 15) is 9.59 Å². The van der Waals surface area contributed by atoms with Crippen LogP contribution in [0.2, 0.25) is 10.0 Å². The zero-order valence-electron chi connectivity index (χ0n) is 18.7. The summed E-state index contributed by atoms with van der Waals surface area (Å²) >= 11 is 11.7. The highest BCUT2D eigenvalue weighted by Crippen LogP contribution is 2.49. The van der Waals surface area contributed by atoms with Crippen molar-refractivity contribution in [1.29, 1.82) is 0 Å². The molecular weight excluding hydrogens is 431 g/mol. The van der Waals surface area contributed by atoms with Gasteiger partial charge in [0.05, 0.1) is 5.41 Å². The molecule has 0 saturated heterocycles. The molecule has 0 aliphatic carbocycles. The number of hydrogen-bond acceptors (Lipinski definition) is 2. The van der Waals surface area contributed by atoms with E-state index in [1.165, 1.54) is 5.56 Å². The Morgan fingerprint density at radius 1 is 1.16 bits per heavy atom. The number of anilines is 1. The number of fused-ring (bicyclic) bond motifs is 1. The Labute approximate surface area is 195 Å². The van der Waals surface area contributed by atoms with Gasteiger partial charge >= 0.3 is 0 Å². The third-order valence-electron chi connectivity index (χ3n) is 5.49. The molecule has 2 amide bonds. The molecule has 166 valence electrons. The molecule has 0 bridgehead atoms. The first-order valence-electron chi connectivity index (χ1n) is 10.4. The van der Waals surface area contributed by atoms with Crippen LogP contribution in [0.3, 0.4) is 0 Å². The first-order chi connectivity index (χ1) is 14.6. The average Bonchev–Trinajstić information content (AvgIpc) is 2.97. The number of nitrogens with one attached hydrogen (secondary N) is 2. The minimum Gasteiger partial charge on any atom is -0.359 e. The van der Waals surface area contributed by atoms with Gasteiger partial charge in [-0.2, -0.15) is 0 Å². The van der Waals surface area contributed by atoms with Crippen LogP contribution in [0.25, 0.3) is 0 Å². The average molecular weight is 461 g/mol. The van der Waals surface area contributed by atoms with Gasteiger partial charge in [-0.15, -0.1) is 0 Å². The lowest BCUT2D eigenvalue weighted by atomic mass is 9.68. The lowest BCUT2D eigenvalue weighted by molar-refractivity contribution is -0.122. The van der Waals surface area contributed by atoms with Crippen LogP contribution in [-0.2, 0) is 15.0 Å². The van der Waals surface area contributed by atoms with Crippen molar-refractivity contribution in [1.82, 2.24) is 5.32 Å². The molecule has 1 heterocycles. The topological polar surface area (TPSA) is 58.2 Å².